The van der Waals surface area contributed by atoms with E-state index in [-0.39, 0.29) is 23.6 Å². The molecule has 6 heteroatoms. The molecule has 0 saturated carbocycles. The van der Waals surface area contributed by atoms with Gasteiger partial charge in [0.1, 0.15) is 0 Å². The van der Waals surface area contributed by atoms with Crippen LogP contribution < -0.4 is 0 Å². The van der Waals surface area contributed by atoms with Gasteiger partial charge in [-0.2, -0.15) is 0 Å². The molecule has 1 saturated heterocycles. The summed E-state index contributed by atoms with van der Waals surface area (Å²) in [5.74, 6) is -0.480. The summed E-state index contributed by atoms with van der Waals surface area (Å²) in [5.41, 5.74) is 0. The second kappa shape index (κ2) is 6.06. The van der Waals surface area contributed by atoms with Crippen molar-refractivity contribution in [2.75, 3.05) is 32.7 Å². The number of methoxy groups -OCH3 is 1. The van der Waals surface area contributed by atoms with Crippen LogP contribution in [0, 0.1) is 5.92 Å². The van der Waals surface area contributed by atoms with Crippen LogP contribution in [0.4, 0.5) is 4.79 Å². The summed E-state index contributed by atoms with van der Waals surface area (Å²) in [6.45, 7) is 2.99. The predicted octanol–water partition coefficient (Wildman–Crippen LogP) is 0.898. The molecule has 1 amide bonds. The fourth-order valence-corrected chi connectivity index (χ4v) is 2.07. The Balaban J connectivity index is 2.75. The molecule has 0 aromatic carbocycles. The number of carbonyl (C=O) groups is 2. The number of amides is 1. The average molecular weight is 250 g/mol. The summed E-state index contributed by atoms with van der Waals surface area (Å²) >= 11 is 5.52. The van der Waals surface area contributed by atoms with E-state index in [0.717, 1.165) is 0 Å². The minimum Gasteiger partial charge on any atom is -0.453 e. The highest BCUT2D eigenvalue weighted by Crippen LogP contribution is 2.21. The summed E-state index contributed by atoms with van der Waals surface area (Å²) in [4.78, 5) is 24.6. The predicted molar refractivity (Wildman–Crippen MR) is 58.6 cm³/mol. The third kappa shape index (κ3) is 2.65. The molecule has 2 unspecified atom stereocenters. The van der Waals surface area contributed by atoms with Gasteiger partial charge in [0.15, 0.2) is 5.78 Å². The maximum atomic E-state index is 11.6. The molecule has 0 N–H and O–H groups in total. The Morgan fingerprint density at radius 3 is 2.69 bits per heavy atom. The fourth-order valence-electron chi connectivity index (χ4n) is 1.87. The SMILES string of the molecule is CCN(C(=O)OC)C1COCC1C(=O)CCl. The number of Topliss-reactive ketones (excluding diaryl/α,β-unsaturated/α-hetero) is 1. The van der Waals surface area contributed by atoms with E-state index < -0.39 is 6.09 Å². The molecule has 0 aromatic heterocycles. The number of hydrogen-bond acceptors (Lipinski definition) is 4. The molecule has 0 radical (unpaired) electrons. The van der Waals surface area contributed by atoms with E-state index in [9.17, 15) is 9.59 Å². The number of likely N-dealkylation sites (N-methyl/N-ethyl adjacent to an activating group) is 1. The Labute approximate surface area is 99.6 Å². The van der Waals surface area contributed by atoms with Crippen LogP contribution in [0.25, 0.3) is 0 Å². The summed E-state index contributed by atoms with van der Waals surface area (Å²) in [6, 6.07) is -0.260. The van der Waals surface area contributed by atoms with E-state index in [1.54, 1.807) is 0 Å². The van der Waals surface area contributed by atoms with Crippen molar-refractivity contribution in [1.82, 2.24) is 4.90 Å². The van der Waals surface area contributed by atoms with Crippen molar-refractivity contribution in [1.29, 1.82) is 0 Å². The molecule has 0 bridgehead atoms. The highest BCUT2D eigenvalue weighted by Gasteiger charge is 2.39. The van der Waals surface area contributed by atoms with Gasteiger partial charge < -0.3 is 14.4 Å². The van der Waals surface area contributed by atoms with Crippen molar-refractivity contribution in [2.45, 2.75) is 13.0 Å². The standard InChI is InChI=1S/C10H16ClNO4/c1-3-12(10(14)15-2)8-6-16-5-7(8)9(13)4-11/h7-8H,3-6H2,1-2H3. The van der Waals surface area contributed by atoms with Crippen LogP contribution in [0.2, 0.25) is 0 Å². The van der Waals surface area contributed by atoms with Crippen molar-refractivity contribution in [2.24, 2.45) is 5.92 Å². The fraction of sp³-hybridized carbons (Fsp3) is 0.800. The molecular weight excluding hydrogens is 234 g/mol. The van der Waals surface area contributed by atoms with Gasteiger partial charge in [-0.15, -0.1) is 11.6 Å². The number of halogens is 1. The van der Waals surface area contributed by atoms with Crippen molar-refractivity contribution < 1.29 is 19.1 Å². The zero-order valence-electron chi connectivity index (χ0n) is 9.44. The molecule has 5 nitrogen and oxygen atoms in total. The highest BCUT2D eigenvalue weighted by atomic mass is 35.5. The first-order chi connectivity index (χ1) is 7.65. The third-order valence-electron chi connectivity index (χ3n) is 2.75. The largest absolute Gasteiger partial charge is 0.453 e. The van der Waals surface area contributed by atoms with Crippen molar-refractivity contribution in [3.05, 3.63) is 0 Å². The summed E-state index contributed by atoms with van der Waals surface area (Å²) in [7, 11) is 1.32. The van der Waals surface area contributed by atoms with Crippen LogP contribution in [0.5, 0.6) is 0 Å². The Hall–Kier alpha value is -0.810. The zero-order valence-corrected chi connectivity index (χ0v) is 10.2. The van der Waals surface area contributed by atoms with Crippen LogP contribution in [0.1, 0.15) is 6.92 Å². The number of alkyl halides is 1. The molecule has 2 atom stereocenters. The second-order valence-electron chi connectivity index (χ2n) is 3.57. The van der Waals surface area contributed by atoms with Gasteiger partial charge in [-0.05, 0) is 6.92 Å². The molecule has 1 aliphatic rings. The summed E-state index contributed by atoms with van der Waals surface area (Å²) in [5, 5.41) is 0. The van der Waals surface area contributed by atoms with E-state index >= 15 is 0 Å². The Morgan fingerprint density at radius 2 is 2.19 bits per heavy atom. The van der Waals surface area contributed by atoms with E-state index in [2.05, 4.69) is 4.74 Å². The molecule has 1 heterocycles. The first kappa shape index (κ1) is 13.3. The van der Waals surface area contributed by atoms with Crippen molar-refractivity contribution in [3.63, 3.8) is 0 Å². The van der Waals surface area contributed by atoms with Crippen LogP contribution in [0.3, 0.4) is 0 Å². The smallest absolute Gasteiger partial charge is 0.409 e. The zero-order chi connectivity index (χ0) is 12.1. The number of hydrogen-bond donors (Lipinski definition) is 0. The lowest BCUT2D eigenvalue weighted by Crippen LogP contribution is -2.46. The van der Waals surface area contributed by atoms with Gasteiger partial charge in [-0.3, -0.25) is 4.79 Å². The van der Waals surface area contributed by atoms with E-state index in [0.29, 0.717) is 19.8 Å². The summed E-state index contributed by atoms with van der Waals surface area (Å²) in [6.07, 6.45) is -0.439. The van der Waals surface area contributed by atoms with E-state index in [1.807, 2.05) is 6.92 Å². The Morgan fingerprint density at radius 1 is 1.50 bits per heavy atom. The van der Waals surface area contributed by atoms with Crippen molar-refractivity contribution in [3.8, 4) is 0 Å². The third-order valence-corrected chi connectivity index (χ3v) is 3.01. The number of carbonyl (C=O) groups excluding carboxylic acids is 2. The van der Waals surface area contributed by atoms with Crippen molar-refractivity contribution >= 4 is 23.5 Å². The van der Waals surface area contributed by atoms with Gasteiger partial charge in [0.2, 0.25) is 0 Å². The van der Waals surface area contributed by atoms with Gasteiger partial charge >= 0.3 is 6.09 Å². The van der Waals surface area contributed by atoms with E-state index in [4.69, 9.17) is 16.3 Å². The highest BCUT2D eigenvalue weighted by molar-refractivity contribution is 6.28. The maximum Gasteiger partial charge on any atom is 0.409 e. The van der Waals surface area contributed by atoms with E-state index in [1.165, 1.54) is 12.0 Å². The first-order valence-corrected chi connectivity index (χ1v) is 5.70. The molecule has 1 aliphatic heterocycles. The topological polar surface area (TPSA) is 55.8 Å². The molecule has 0 aliphatic carbocycles. The lowest BCUT2D eigenvalue weighted by Gasteiger charge is -2.28. The van der Waals surface area contributed by atoms with Crippen LogP contribution in [-0.4, -0.2) is 55.6 Å². The number of rotatable bonds is 4. The number of nitrogens with zero attached hydrogens (tertiary/aromatic N) is 1. The Bertz CT molecular complexity index is 272. The minimum atomic E-state index is -0.439. The lowest BCUT2D eigenvalue weighted by molar-refractivity contribution is -0.121. The average Bonchev–Trinajstić information content (AvgIpc) is 2.77. The summed E-state index contributed by atoms with van der Waals surface area (Å²) < 4.78 is 9.91. The molecule has 0 aromatic rings. The molecule has 1 rings (SSSR count). The normalized spacial score (nSPS) is 24.2. The maximum absolute atomic E-state index is 11.6. The lowest BCUT2D eigenvalue weighted by atomic mass is 9.98. The molecule has 1 fully saturated rings. The Kier molecular flexibility index (Phi) is 5.02. The van der Waals surface area contributed by atoms with Crippen LogP contribution in [-0.2, 0) is 14.3 Å². The van der Waals surface area contributed by atoms with Gasteiger partial charge in [0, 0.05) is 6.54 Å². The quantitative estimate of drug-likeness (QED) is 0.695. The van der Waals surface area contributed by atoms with Crippen LogP contribution >= 0.6 is 11.6 Å². The number of ketones is 1. The monoisotopic (exact) mass is 249 g/mol. The molecule has 16 heavy (non-hydrogen) atoms. The molecular formula is C10H16ClNO4. The van der Waals surface area contributed by atoms with Crippen LogP contribution in [0.15, 0.2) is 0 Å². The number of ether oxygens (including phenoxy) is 2. The van der Waals surface area contributed by atoms with Gasteiger partial charge in [0.25, 0.3) is 0 Å². The van der Waals surface area contributed by atoms with Gasteiger partial charge in [-0.25, -0.2) is 4.79 Å². The van der Waals surface area contributed by atoms with Gasteiger partial charge in [0.05, 0.1) is 38.2 Å². The minimum absolute atomic E-state index is 0.0523. The first-order valence-electron chi connectivity index (χ1n) is 5.16. The molecule has 0 spiro atoms. The molecule has 92 valence electrons. The second-order valence-corrected chi connectivity index (χ2v) is 3.83. The van der Waals surface area contributed by atoms with Gasteiger partial charge in [-0.1, -0.05) is 0 Å².